The SMILES string of the molecule is COCCCN1CCCN(c2nc(/C(N)=N/OC(=O)[C@@]3(C)CCCc4sc(N)c(C#N)c43)cc(N3CCCN(C(=O)OC(C)(C)C)CC3)n2)[C@@H](C)C1. The van der Waals surface area contributed by atoms with Gasteiger partial charge >= 0.3 is 12.1 Å². The molecule has 0 aromatic carbocycles. The van der Waals surface area contributed by atoms with Crippen molar-refractivity contribution in [2.75, 3.05) is 81.6 Å². The zero-order valence-electron chi connectivity index (χ0n) is 31.4. The van der Waals surface area contributed by atoms with Crippen LogP contribution in [0.5, 0.6) is 0 Å². The predicted octanol–water partition coefficient (Wildman–Crippen LogP) is 3.83. The summed E-state index contributed by atoms with van der Waals surface area (Å²) in [6, 6.07) is 4.04. The van der Waals surface area contributed by atoms with Crippen molar-refractivity contribution in [1.82, 2.24) is 19.8 Å². The minimum atomic E-state index is -1.10. The van der Waals surface area contributed by atoms with Gasteiger partial charge in [0.15, 0.2) is 5.84 Å². The molecule has 5 rings (SSSR count). The number of nitriles is 1. The molecule has 1 amide bonds. The maximum Gasteiger partial charge on any atom is 0.410 e. The molecular weight excluding hydrogens is 685 g/mol. The second kappa shape index (κ2) is 16.6. The van der Waals surface area contributed by atoms with Gasteiger partial charge in [-0.2, -0.15) is 10.2 Å². The lowest BCUT2D eigenvalue weighted by molar-refractivity contribution is -0.150. The Kier molecular flexibility index (Phi) is 12.5. The first kappa shape index (κ1) is 39.0. The minimum absolute atomic E-state index is 0.0721. The second-order valence-corrected chi connectivity index (χ2v) is 16.2. The molecule has 2 atom stereocenters. The Hall–Kier alpha value is -4.20. The number of nitrogen functional groups attached to an aromatic ring is 1. The fourth-order valence-corrected chi connectivity index (χ4v) is 8.41. The summed E-state index contributed by atoms with van der Waals surface area (Å²) in [6.07, 6.45) is 4.25. The van der Waals surface area contributed by atoms with Crippen LogP contribution in [0.1, 0.15) is 88.4 Å². The van der Waals surface area contributed by atoms with E-state index in [-0.39, 0.29) is 18.0 Å². The monoisotopic (exact) mass is 738 g/mol. The van der Waals surface area contributed by atoms with Crippen molar-refractivity contribution in [3.63, 3.8) is 0 Å². The van der Waals surface area contributed by atoms with E-state index in [9.17, 15) is 14.9 Å². The molecule has 0 bridgehead atoms. The summed E-state index contributed by atoms with van der Waals surface area (Å²) < 4.78 is 10.9. The molecule has 4 heterocycles. The third-order valence-electron chi connectivity index (χ3n) is 9.87. The van der Waals surface area contributed by atoms with Gasteiger partial charge in [-0.3, -0.25) is 0 Å². The van der Waals surface area contributed by atoms with Crippen LogP contribution in [0.15, 0.2) is 11.2 Å². The van der Waals surface area contributed by atoms with Crippen LogP contribution in [0.3, 0.4) is 0 Å². The number of thiophene rings is 1. The highest BCUT2D eigenvalue weighted by molar-refractivity contribution is 7.16. The molecule has 0 saturated carbocycles. The maximum absolute atomic E-state index is 13.7. The molecule has 4 N–H and O–H groups in total. The number of amidine groups is 1. The minimum Gasteiger partial charge on any atom is -0.444 e. The number of hydrogen-bond acceptors (Lipinski definition) is 14. The lowest BCUT2D eigenvalue weighted by atomic mass is 9.72. The average molecular weight is 739 g/mol. The van der Waals surface area contributed by atoms with Crippen molar-refractivity contribution in [2.45, 2.75) is 90.2 Å². The number of anilines is 3. The number of nitrogens with zero attached hydrogens (tertiary/aromatic N) is 8. The van der Waals surface area contributed by atoms with Gasteiger partial charge in [0.2, 0.25) is 5.95 Å². The number of methoxy groups -OCH3 is 1. The van der Waals surface area contributed by atoms with Crippen molar-refractivity contribution in [3.05, 3.63) is 27.8 Å². The molecule has 2 fully saturated rings. The summed E-state index contributed by atoms with van der Waals surface area (Å²) in [7, 11) is 1.72. The molecule has 16 heteroatoms. The molecule has 2 aliphatic heterocycles. The smallest absolute Gasteiger partial charge is 0.410 e. The van der Waals surface area contributed by atoms with Crippen LogP contribution >= 0.6 is 11.3 Å². The molecule has 2 aromatic rings. The summed E-state index contributed by atoms with van der Waals surface area (Å²) in [5, 5.41) is 14.4. The highest BCUT2D eigenvalue weighted by Gasteiger charge is 2.45. The number of aromatic nitrogens is 2. The molecule has 0 radical (unpaired) electrons. The first-order chi connectivity index (χ1) is 24.7. The molecule has 15 nitrogen and oxygen atoms in total. The third kappa shape index (κ3) is 9.05. The first-order valence-electron chi connectivity index (χ1n) is 18.2. The van der Waals surface area contributed by atoms with Crippen LogP contribution < -0.4 is 21.3 Å². The van der Waals surface area contributed by atoms with E-state index in [4.69, 9.17) is 35.7 Å². The van der Waals surface area contributed by atoms with Gasteiger partial charge in [0, 0.05) is 82.1 Å². The van der Waals surface area contributed by atoms with Crippen LogP contribution in [0, 0.1) is 11.3 Å². The predicted molar refractivity (Wildman–Crippen MR) is 202 cm³/mol. The van der Waals surface area contributed by atoms with E-state index in [0.717, 1.165) is 56.7 Å². The fourth-order valence-electron chi connectivity index (χ4n) is 7.22. The number of nitrogens with two attached hydrogens (primary N) is 2. The molecule has 0 unspecified atom stereocenters. The molecule has 2 saturated heterocycles. The van der Waals surface area contributed by atoms with Gasteiger partial charge in [-0.25, -0.2) is 14.6 Å². The maximum atomic E-state index is 13.7. The number of oxime groups is 1. The van der Waals surface area contributed by atoms with Crippen LogP contribution in [0.25, 0.3) is 0 Å². The molecule has 284 valence electrons. The Morgan fingerprint density at radius 2 is 1.90 bits per heavy atom. The zero-order chi connectivity index (χ0) is 37.6. The number of carbonyl (C=O) groups excluding carboxylic acids is 2. The number of carbonyl (C=O) groups is 2. The fraction of sp³-hybridized carbons (Fsp3) is 0.667. The molecule has 52 heavy (non-hydrogen) atoms. The van der Waals surface area contributed by atoms with Gasteiger partial charge < -0.3 is 45.4 Å². The first-order valence-corrected chi connectivity index (χ1v) is 19.0. The third-order valence-corrected chi connectivity index (χ3v) is 11.0. The van der Waals surface area contributed by atoms with Crippen LogP contribution in [0.2, 0.25) is 0 Å². The Labute approximate surface area is 310 Å². The number of rotatable bonds is 9. The van der Waals surface area contributed by atoms with Crippen molar-refractivity contribution < 1.29 is 23.9 Å². The molecule has 3 aliphatic rings. The standard InChI is InChI=1S/C36H54N10O5S/c1-24-23-43(14-10-20-49-6)13-8-17-46(24)33-40-26(21-28(41-33)44-15-9-16-45(19-18-44)34(48)50-35(2,3)4)30(38)42-51-32(47)36(5)12-7-11-27-29(36)25(22-37)31(39)52-27/h21,24H,7-20,23,39H2,1-6H3,(H2,38,42)/t24-,36-/m0/s1. The lowest BCUT2D eigenvalue weighted by Crippen LogP contribution is -2.41. The van der Waals surface area contributed by atoms with E-state index in [2.05, 4.69) is 32.8 Å². The van der Waals surface area contributed by atoms with E-state index in [1.165, 1.54) is 11.3 Å². The Balaban J connectivity index is 1.42. The van der Waals surface area contributed by atoms with Crippen molar-refractivity contribution >= 4 is 46.0 Å². The Bertz CT molecular complexity index is 1670. The molecule has 2 aromatic heterocycles. The normalized spacial score (nSPS) is 21.9. The van der Waals surface area contributed by atoms with E-state index in [1.807, 2.05) is 20.8 Å². The summed E-state index contributed by atoms with van der Waals surface area (Å²) in [6.45, 7) is 15.9. The van der Waals surface area contributed by atoms with Gasteiger partial charge in [-0.05, 0) is 79.7 Å². The molecular formula is C36H54N10O5S. The number of hydrogen-bond donors (Lipinski definition) is 2. The van der Waals surface area contributed by atoms with Crippen LogP contribution in [-0.4, -0.2) is 115 Å². The van der Waals surface area contributed by atoms with Gasteiger partial charge in [0.05, 0.1) is 11.0 Å². The van der Waals surface area contributed by atoms with Gasteiger partial charge in [0.25, 0.3) is 0 Å². The van der Waals surface area contributed by atoms with E-state index in [0.29, 0.717) is 79.2 Å². The van der Waals surface area contributed by atoms with Crippen molar-refractivity contribution in [3.8, 4) is 6.07 Å². The topological polar surface area (TPSA) is 189 Å². The lowest BCUT2D eigenvalue weighted by Gasteiger charge is -2.31. The van der Waals surface area contributed by atoms with Gasteiger partial charge in [-0.1, -0.05) is 5.16 Å². The number of aryl methyl sites for hydroxylation is 1. The zero-order valence-corrected chi connectivity index (χ0v) is 32.3. The number of fused-ring (bicyclic) bond motifs is 1. The van der Waals surface area contributed by atoms with E-state index >= 15 is 0 Å². The van der Waals surface area contributed by atoms with Crippen molar-refractivity contribution in [1.29, 1.82) is 5.26 Å². The number of amides is 1. The summed E-state index contributed by atoms with van der Waals surface area (Å²) in [4.78, 5) is 51.5. The van der Waals surface area contributed by atoms with E-state index in [1.54, 1.807) is 25.0 Å². The quantitative estimate of drug-likeness (QED) is 0.124. The largest absolute Gasteiger partial charge is 0.444 e. The highest BCUT2D eigenvalue weighted by atomic mass is 32.1. The van der Waals surface area contributed by atoms with Crippen LogP contribution in [-0.2, 0) is 30.9 Å². The molecule has 1 aliphatic carbocycles. The number of ether oxygens (including phenoxy) is 2. The second-order valence-electron chi connectivity index (χ2n) is 15.1. The van der Waals surface area contributed by atoms with Crippen molar-refractivity contribution in [2.24, 2.45) is 10.9 Å². The summed E-state index contributed by atoms with van der Waals surface area (Å²) in [5.41, 5.74) is 12.3. The van der Waals surface area contributed by atoms with E-state index < -0.39 is 17.0 Å². The highest BCUT2D eigenvalue weighted by Crippen LogP contribution is 2.46. The molecule has 0 spiro atoms. The summed E-state index contributed by atoms with van der Waals surface area (Å²) >= 11 is 1.35. The Morgan fingerprint density at radius 3 is 2.63 bits per heavy atom. The summed E-state index contributed by atoms with van der Waals surface area (Å²) in [5.74, 6) is 0.467. The Morgan fingerprint density at radius 1 is 1.13 bits per heavy atom. The average Bonchev–Trinajstić information content (AvgIpc) is 3.23. The van der Waals surface area contributed by atoms with Gasteiger partial charge in [0.1, 0.15) is 28.2 Å². The van der Waals surface area contributed by atoms with Gasteiger partial charge in [-0.15, -0.1) is 11.3 Å². The van der Waals surface area contributed by atoms with Crippen LogP contribution in [0.4, 0.5) is 21.6 Å².